The highest BCUT2D eigenvalue weighted by atomic mass is 32.2. The van der Waals surface area contributed by atoms with Crippen molar-refractivity contribution in [2.75, 3.05) is 0 Å². The Labute approximate surface area is 116 Å². The summed E-state index contributed by atoms with van der Waals surface area (Å²) in [6, 6.07) is 5.78. The lowest BCUT2D eigenvalue weighted by Gasteiger charge is -2.04. The van der Waals surface area contributed by atoms with Crippen LogP contribution in [0, 0.1) is 0 Å². The summed E-state index contributed by atoms with van der Waals surface area (Å²) in [6.45, 7) is 4.04. The Balaban J connectivity index is 2.00. The number of nitrogens with zero attached hydrogens (tertiary/aromatic N) is 2. The molecule has 0 aliphatic rings. The van der Waals surface area contributed by atoms with Gasteiger partial charge in [-0.1, -0.05) is 19.0 Å². The Morgan fingerprint density at radius 1 is 1.30 bits per heavy atom. The van der Waals surface area contributed by atoms with Gasteiger partial charge in [0.05, 0.1) is 4.90 Å². The van der Waals surface area contributed by atoms with Gasteiger partial charge in [0.1, 0.15) is 5.75 Å². The molecule has 108 valence electrons. The van der Waals surface area contributed by atoms with Gasteiger partial charge in [0, 0.05) is 5.92 Å². The maximum atomic E-state index is 11.1. The van der Waals surface area contributed by atoms with E-state index in [-0.39, 0.29) is 17.4 Å². The zero-order valence-electron chi connectivity index (χ0n) is 11.1. The standard InChI is InChI=1S/C12H15N3O4S/c1-8(2)12-14-11(15-19-12)7-18-9-3-5-10(6-4-9)20(13,16)17/h3-6,8H,7H2,1-2H3,(H2,13,16,17). The lowest BCUT2D eigenvalue weighted by Crippen LogP contribution is -2.11. The Morgan fingerprint density at radius 3 is 2.45 bits per heavy atom. The molecule has 0 saturated heterocycles. The average molecular weight is 297 g/mol. The monoisotopic (exact) mass is 297 g/mol. The fraction of sp³-hybridized carbons (Fsp3) is 0.333. The van der Waals surface area contributed by atoms with E-state index >= 15 is 0 Å². The molecule has 8 heteroatoms. The number of sulfonamides is 1. The molecule has 1 heterocycles. The van der Waals surface area contributed by atoms with Gasteiger partial charge in [-0.25, -0.2) is 13.6 Å². The van der Waals surface area contributed by atoms with Crippen molar-refractivity contribution in [1.82, 2.24) is 10.1 Å². The quantitative estimate of drug-likeness (QED) is 0.894. The van der Waals surface area contributed by atoms with E-state index in [1.807, 2.05) is 13.8 Å². The van der Waals surface area contributed by atoms with Crippen molar-refractivity contribution in [3.05, 3.63) is 36.0 Å². The highest BCUT2D eigenvalue weighted by Crippen LogP contribution is 2.16. The van der Waals surface area contributed by atoms with Crippen LogP contribution in [0.3, 0.4) is 0 Å². The fourth-order valence-corrected chi connectivity index (χ4v) is 1.95. The summed E-state index contributed by atoms with van der Waals surface area (Å²) < 4.78 is 32.7. The van der Waals surface area contributed by atoms with Crippen molar-refractivity contribution in [3.63, 3.8) is 0 Å². The summed E-state index contributed by atoms with van der Waals surface area (Å²) >= 11 is 0. The summed E-state index contributed by atoms with van der Waals surface area (Å²) in [6.07, 6.45) is 0. The molecule has 2 aromatic rings. The fourth-order valence-electron chi connectivity index (χ4n) is 1.43. The molecule has 1 aromatic carbocycles. The first-order valence-corrected chi connectivity index (χ1v) is 7.49. The van der Waals surface area contributed by atoms with Gasteiger partial charge in [0.15, 0.2) is 6.61 Å². The molecule has 0 atom stereocenters. The molecule has 0 aliphatic heterocycles. The van der Waals surface area contributed by atoms with Crippen molar-refractivity contribution in [3.8, 4) is 5.75 Å². The van der Waals surface area contributed by atoms with Crippen LogP contribution in [-0.4, -0.2) is 18.6 Å². The molecule has 0 fully saturated rings. The van der Waals surface area contributed by atoms with Crippen LogP contribution in [-0.2, 0) is 16.6 Å². The molecule has 2 rings (SSSR count). The van der Waals surface area contributed by atoms with Crippen molar-refractivity contribution in [2.24, 2.45) is 5.14 Å². The second kappa shape index (κ2) is 5.59. The van der Waals surface area contributed by atoms with Crippen LogP contribution in [0.15, 0.2) is 33.7 Å². The molecule has 0 bridgehead atoms. The van der Waals surface area contributed by atoms with E-state index < -0.39 is 10.0 Å². The Hall–Kier alpha value is -1.93. The van der Waals surface area contributed by atoms with Gasteiger partial charge in [-0.3, -0.25) is 0 Å². The normalized spacial score (nSPS) is 11.8. The molecule has 20 heavy (non-hydrogen) atoms. The van der Waals surface area contributed by atoms with Crippen LogP contribution in [0.1, 0.15) is 31.5 Å². The van der Waals surface area contributed by atoms with Crippen molar-refractivity contribution in [1.29, 1.82) is 0 Å². The molecule has 0 amide bonds. The third-order valence-corrected chi connectivity index (χ3v) is 3.43. The van der Waals surface area contributed by atoms with Gasteiger partial charge in [0.2, 0.25) is 21.7 Å². The maximum absolute atomic E-state index is 11.1. The highest BCUT2D eigenvalue weighted by molar-refractivity contribution is 7.89. The molecule has 0 unspecified atom stereocenters. The summed E-state index contributed by atoms with van der Waals surface area (Å²) in [7, 11) is -3.69. The molecule has 0 aliphatic carbocycles. The second-order valence-corrected chi connectivity index (χ2v) is 6.07. The number of rotatable bonds is 5. The van der Waals surface area contributed by atoms with Crippen LogP contribution >= 0.6 is 0 Å². The molecule has 0 spiro atoms. The number of primary sulfonamides is 1. The van der Waals surface area contributed by atoms with E-state index in [2.05, 4.69) is 10.1 Å². The first-order valence-electron chi connectivity index (χ1n) is 5.94. The minimum atomic E-state index is -3.69. The van der Waals surface area contributed by atoms with Crippen LogP contribution in [0.25, 0.3) is 0 Å². The van der Waals surface area contributed by atoms with Gasteiger partial charge in [0.25, 0.3) is 0 Å². The molecular formula is C12H15N3O4S. The Kier molecular flexibility index (Phi) is 4.05. The van der Waals surface area contributed by atoms with Crippen LogP contribution in [0.2, 0.25) is 0 Å². The number of hydrogen-bond donors (Lipinski definition) is 1. The third-order valence-electron chi connectivity index (χ3n) is 2.50. The van der Waals surface area contributed by atoms with Gasteiger partial charge >= 0.3 is 0 Å². The second-order valence-electron chi connectivity index (χ2n) is 4.51. The van der Waals surface area contributed by atoms with E-state index in [0.29, 0.717) is 17.5 Å². The van der Waals surface area contributed by atoms with Crippen LogP contribution in [0.5, 0.6) is 5.75 Å². The number of benzene rings is 1. The molecule has 0 saturated carbocycles. The van der Waals surface area contributed by atoms with Crippen molar-refractivity contribution >= 4 is 10.0 Å². The van der Waals surface area contributed by atoms with E-state index in [1.54, 1.807) is 0 Å². The molecule has 0 radical (unpaired) electrons. The molecule has 1 aromatic heterocycles. The molecule has 7 nitrogen and oxygen atoms in total. The Morgan fingerprint density at radius 2 is 1.95 bits per heavy atom. The Bertz CT molecular complexity index is 677. The number of hydrogen-bond acceptors (Lipinski definition) is 6. The van der Waals surface area contributed by atoms with E-state index in [9.17, 15) is 8.42 Å². The maximum Gasteiger partial charge on any atom is 0.238 e. The predicted octanol–water partition coefficient (Wildman–Crippen LogP) is 1.42. The van der Waals surface area contributed by atoms with Crippen molar-refractivity contribution < 1.29 is 17.7 Å². The summed E-state index contributed by atoms with van der Waals surface area (Å²) in [4.78, 5) is 4.20. The highest BCUT2D eigenvalue weighted by Gasteiger charge is 2.11. The summed E-state index contributed by atoms with van der Waals surface area (Å²) in [5.41, 5.74) is 0. The summed E-state index contributed by atoms with van der Waals surface area (Å²) in [5.74, 6) is 1.64. The van der Waals surface area contributed by atoms with Crippen LogP contribution < -0.4 is 9.88 Å². The van der Waals surface area contributed by atoms with Gasteiger partial charge < -0.3 is 9.26 Å². The molecule has 2 N–H and O–H groups in total. The third kappa shape index (κ3) is 3.55. The summed E-state index contributed by atoms with van der Waals surface area (Å²) in [5, 5.41) is 8.78. The number of nitrogens with two attached hydrogens (primary N) is 1. The largest absolute Gasteiger partial charge is 0.485 e. The zero-order valence-corrected chi connectivity index (χ0v) is 11.9. The lowest BCUT2D eigenvalue weighted by molar-refractivity contribution is 0.284. The van der Waals surface area contributed by atoms with Gasteiger partial charge in [-0.15, -0.1) is 0 Å². The zero-order chi connectivity index (χ0) is 14.8. The smallest absolute Gasteiger partial charge is 0.238 e. The SMILES string of the molecule is CC(C)c1nc(COc2ccc(S(N)(=O)=O)cc2)no1. The first-order chi connectivity index (χ1) is 9.36. The number of aromatic nitrogens is 2. The number of ether oxygens (including phenoxy) is 1. The van der Waals surface area contributed by atoms with Gasteiger partial charge in [-0.2, -0.15) is 4.98 Å². The van der Waals surface area contributed by atoms with Crippen LogP contribution in [0.4, 0.5) is 0 Å². The van der Waals surface area contributed by atoms with E-state index in [4.69, 9.17) is 14.4 Å². The first kappa shape index (κ1) is 14.5. The van der Waals surface area contributed by atoms with Gasteiger partial charge in [-0.05, 0) is 24.3 Å². The lowest BCUT2D eigenvalue weighted by atomic mass is 10.2. The minimum Gasteiger partial charge on any atom is -0.485 e. The average Bonchev–Trinajstić information content (AvgIpc) is 2.85. The van der Waals surface area contributed by atoms with E-state index in [0.717, 1.165) is 0 Å². The van der Waals surface area contributed by atoms with E-state index in [1.165, 1.54) is 24.3 Å². The topological polar surface area (TPSA) is 108 Å². The predicted molar refractivity (Wildman–Crippen MR) is 70.5 cm³/mol. The minimum absolute atomic E-state index is 0.0338. The molecular weight excluding hydrogens is 282 g/mol. The van der Waals surface area contributed by atoms with Crippen molar-refractivity contribution in [2.45, 2.75) is 31.3 Å².